The lowest BCUT2D eigenvalue weighted by atomic mass is 10.4. The summed E-state index contributed by atoms with van der Waals surface area (Å²) in [5.41, 5.74) is 0.502. The van der Waals surface area contributed by atoms with Gasteiger partial charge in [-0.05, 0) is 6.42 Å². The number of sulfone groups is 1. The topological polar surface area (TPSA) is 76.1 Å². The number of hydrogen-bond acceptors (Lipinski definition) is 5. The molecule has 0 unspecified atom stereocenters. The van der Waals surface area contributed by atoms with Gasteiger partial charge in [0.05, 0.1) is 5.69 Å². The number of aromatic nitrogens is 1. The molecule has 0 saturated carbocycles. The molecule has 7 heteroatoms. The first kappa shape index (κ1) is 11.1. The van der Waals surface area contributed by atoms with Crippen molar-refractivity contribution in [1.82, 2.24) is 4.98 Å². The molecule has 1 aromatic heterocycles. The quantitative estimate of drug-likeness (QED) is 0.777. The molecule has 0 atom stereocenters. The fourth-order valence-corrected chi connectivity index (χ4v) is 3.17. The highest BCUT2D eigenvalue weighted by molar-refractivity contribution is 7.92. The van der Waals surface area contributed by atoms with E-state index in [9.17, 15) is 13.2 Å². The number of anilines is 1. The Balaban J connectivity index is 3.22. The van der Waals surface area contributed by atoms with Crippen molar-refractivity contribution in [2.24, 2.45) is 0 Å². The standard InChI is InChI=1S/C7H10N2O3S2/c1-3-5-6(14(2,11)12)13-7(9-5)8-4-10/h4H,3H2,1-2H3,(H,8,9,10). The second-order valence-corrected chi connectivity index (χ2v) is 5.85. The largest absolute Gasteiger partial charge is 0.305 e. The summed E-state index contributed by atoms with van der Waals surface area (Å²) in [5.74, 6) is 0. The molecule has 1 aromatic rings. The summed E-state index contributed by atoms with van der Waals surface area (Å²) in [5, 5.41) is 2.65. The molecular formula is C7H10N2O3S2. The second kappa shape index (κ2) is 4.05. The van der Waals surface area contributed by atoms with Crippen molar-refractivity contribution in [1.29, 1.82) is 0 Å². The zero-order chi connectivity index (χ0) is 10.8. The summed E-state index contributed by atoms with van der Waals surface area (Å²) in [6, 6.07) is 0. The van der Waals surface area contributed by atoms with Crippen molar-refractivity contribution in [3.8, 4) is 0 Å². The van der Waals surface area contributed by atoms with Gasteiger partial charge >= 0.3 is 0 Å². The molecule has 14 heavy (non-hydrogen) atoms. The van der Waals surface area contributed by atoms with Gasteiger partial charge in [-0.2, -0.15) is 0 Å². The summed E-state index contributed by atoms with van der Waals surface area (Å²) in [4.78, 5) is 14.1. The van der Waals surface area contributed by atoms with E-state index in [0.29, 0.717) is 23.7 Å². The SMILES string of the molecule is CCc1nc(NC=O)sc1S(C)(=O)=O. The van der Waals surface area contributed by atoms with E-state index < -0.39 is 9.84 Å². The van der Waals surface area contributed by atoms with E-state index in [0.717, 1.165) is 17.6 Å². The molecular weight excluding hydrogens is 224 g/mol. The van der Waals surface area contributed by atoms with Gasteiger partial charge in [0.25, 0.3) is 0 Å². The Morgan fingerprint density at radius 3 is 2.57 bits per heavy atom. The van der Waals surface area contributed by atoms with Crippen LogP contribution in [-0.2, 0) is 21.1 Å². The summed E-state index contributed by atoms with van der Waals surface area (Å²) in [6.45, 7) is 1.81. The molecule has 0 radical (unpaired) electrons. The number of carbonyl (C=O) groups excluding carboxylic acids is 1. The number of amides is 1. The third-order valence-electron chi connectivity index (χ3n) is 1.52. The van der Waals surface area contributed by atoms with Crippen LogP contribution < -0.4 is 5.32 Å². The Morgan fingerprint density at radius 1 is 1.57 bits per heavy atom. The number of aryl methyl sites for hydroxylation is 1. The molecule has 1 heterocycles. The van der Waals surface area contributed by atoms with Crippen LogP contribution in [0.2, 0.25) is 0 Å². The van der Waals surface area contributed by atoms with Crippen LogP contribution in [0.3, 0.4) is 0 Å². The normalized spacial score (nSPS) is 11.3. The van der Waals surface area contributed by atoms with Crippen LogP contribution in [0, 0.1) is 0 Å². The van der Waals surface area contributed by atoms with E-state index in [1.807, 2.05) is 6.92 Å². The van der Waals surface area contributed by atoms with Crippen molar-refractivity contribution in [3.05, 3.63) is 5.69 Å². The van der Waals surface area contributed by atoms with Gasteiger partial charge in [0.1, 0.15) is 4.21 Å². The molecule has 1 N–H and O–H groups in total. The average Bonchev–Trinajstić information content (AvgIpc) is 2.47. The van der Waals surface area contributed by atoms with Gasteiger partial charge in [0, 0.05) is 6.26 Å². The van der Waals surface area contributed by atoms with Crippen LogP contribution in [0.5, 0.6) is 0 Å². The monoisotopic (exact) mass is 234 g/mol. The fourth-order valence-electron chi connectivity index (χ4n) is 0.963. The molecule has 0 aliphatic carbocycles. The number of carbonyl (C=O) groups is 1. The van der Waals surface area contributed by atoms with Gasteiger partial charge in [-0.15, -0.1) is 0 Å². The average molecular weight is 234 g/mol. The van der Waals surface area contributed by atoms with Crippen LogP contribution in [0.25, 0.3) is 0 Å². The molecule has 1 amide bonds. The van der Waals surface area contributed by atoms with E-state index in [4.69, 9.17) is 0 Å². The van der Waals surface area contributed by atoms with Gasteiger partial charge in [0.15, 0.2) is 15.0 Å². The fraction of sp³-hybridized carbons (Fsp3) is 0.429. The third-order valence-corrected chi connectivity index (χ3v) is 4.41. The first-order chi connectivity index (χ1) is 6.49. The van der Waals surface area contributed by atoms with Gasteiger partial charge in [-0.3, -0.25) is 4.79 Å². The maximum Gasteiger partial charge on any atom is 0.213 e. The van der Waals surface area contributed by atoms with Crippen molar-refractivity contribution in [3.63, 3.8) is 0 Å². The van der Waals surface area contributed by atoms with Gasteiger partial charge < -0.3 is 5.32 Å². The number of nitrogens with one attached hydrogen (secondary N) is 1. The lowest BCUT2D eigenvalue weighted by Gasteiger charge is -1.93. The number of rotatable bonds is 4. The lowest BCUT2D eigenvalue weighted by molar-refractivity contribution is -0.105. The molecule has 0 spiro atoms. The highest BCUT2D eigenvalue weighted by Gasteiger charge is 2.18. The Hall–Kier alpha value is -0.950. The highest BCUT2D eigenvalue weighted by Crippen LogP contribution is 2.27. The predicted molar refractivity (Wildman–Crippen MR) is 54.3 cm³/mol. The minimum absolute atomic E-state index is 0.226. The second-order valence-electron chi connectivity index (χ2n) is 2.64. The summed E-state index contributed by atoms with van der Waals surface area (Å²) in [7, 11) is -3.24. The maximum absolute atomic E-state index is 11.3. The molecule has 0 fully saturated rings. The van der Waals surface area contributed by atoms with Crippen molar-refractivity contribution >= 4 is 32.7 Å². The Kier molecular flexibility index (Phi) is 3.22. The zero-order valence-corrected chi connectivity index (χ0v) is 9.41. The van der Waals surface area contributed by atoms with E-state index >= 15 is 0 Å². The van der Waals surface area contributed by atoms with Crippen LogP contribution in [0.1, 0.15) is 12.6 Å². The lowest BCUT2D eigenvalue weighted by Crippen LogP contribution is -1.98. The minimum Gasteiger partial charge on any atom is -0.305 e. The Bertz CT molecular complexity index is 436. The number of nitrogens with zero attached hydrogens (tertiary/aromatic N) is 1. The molecule has 1 rings (SSSR count). The van der Waals surface area contributed by atoms with Crippen molar-refractivity contribution < 1.29 is 13.2 Å². The van der Waals surface area contributed by atoms with E-state index in [-0.39, 0.29) is 4.21 Å². The van der Waals surface area contributed by atoms with Gasteiger partial charge in [0.2, 0.25) is 6.41 Å². The Labute approximate surface area is 86.1 Å². The number of hydrogen-bond donors (Lipinski definition) is 1. The maximum atomic E-state index is 11.3. The zero-order valence-electron chi connectivity index (χ0n) is 7.77. The molecule has 0 bridgehead atoms. The highest BCUT2D eigenvalue weighted by atomic mass is 32.2. The molecule has 0 saturated heterocycles. The Morgan fingerprint density at radius 2 is 2.21 bits per heavy atom. The minimum atomic E-state index is -3.24. The summed E-state index contributed by atoms with van der Waals surface area (Å²) in [6.07, 6.45) is 2.13. The molecule has 78 valence electrons. The predicted octanol–water partition coefficient (Wildman–Crippen LogP) is 0.677. The summed E-state index contributed by atoms with van der Waals surface area (Å²) >= 11 is 0.974. The van der Waals surface area contributed by atoms with E-state index in [1.54, 1.807) is 0 Å². The van der Waals surface area contributed by atoms with Gasteiger partial charge in [-0.25, -0.2) is 13.4 Å². The molecule has 0 aliphatic rings. The van der Waals surface area contributed by atoms with Gasteiger partial charge in [-0.1, -0.05) is 18.3 Å². The van der Waals surface area contributed by atoms with E-state index in [1.165, 1.54) is 0 Å². The van der Waals surface area contributed by atoms with Crippen LogP contribution in [-0.4, -0.2) is 26.1 Å². The first-order valence-electron chi connectivity index (χ1n) is 3.89. The third kappa shape index (κ3) is 2.30. The van der Waals surface area contributed by atoms with Crippen molar-refractivity contribution in [2.45, 2.75) is 17.6 Å². The summed E-state index contributed by atoms with van der Waals surface area (Å²) < 4.78 is 22.8. The number of thiazole rings is 1. The molecule has 5 nitrogen and oxygen atoms in total. The molecule has 0 aliphatic heterocycles. The van der Waals surface area contributed by atoms with Crippen LogP contribution in [0.15, 0.2) is 4.21 Å². The van der Waals surface area contributed by atoms with Crippen molar-refractivity contribution in [2.75, 3.05) is 11.6 Å². The van der Waals surface area contributed by atoms with Crippen LogP contribution >= 0.6 is 11.3 Å². The smallest absolute Gasteiger partial charge is 0.213 e. The molecule has 0 aromatic carbocycles. The first-order valence-corrected chi connectivity index (χ1v) is 6.59. The van der Waals surface area contributed by atoms with Crippen LogP contribution in [0.4, 0.5) is 5.13 Å². The van der Waals surface area contributed by atoms with E-state index in [2.05, 4.69) is 10.3 Å².